The number of carbonyl (C=O) groups is 2. The second-order valence-corrected chi connectivity index (χ2v) is 7.32. The van der Waals surface area contributed by atoms with E-state index in [9.17, 15) is 9.59 Å². The minimum Gasteiger partial charge on any atom is -0.466 e. The number of carbonyl (C=O) groups excluding carboxylic acids is 2. The molecule has 1 aliphatic rings. The van der Waals surface area contributed by atoms with E-state index in [4.69, 9.17) is 4.74 Å². The number of hydrogen-bond acceptors (Lipinski definition) is 3. The molecule has 0 spiro atoms. The summed E-state index contributed by atoms with van der Waals surface area (Å²) in [7, 11) is 0. The van der Waals surface area contributed by atoms with Gasteiger partial charge in [-0.05, 0) is 37.5 Å². The van der Waals surface area contributed by atoms with Crippen LogP contribution in [0.5, 0.6) is 0 Å². The van der Waals surface area contributed by atoms with Crippen molar-refractivity contribution in [2.75, 3.05) is 6.61 Å². The molecule has 3 nitrogen and oxygen atoms in total. The van der Waals surface area contributed by atoms with Gasteiger partial charge in [0, 0.05) is 12.3 Å². The zero-order valence-electron chi connectivity index (χ0n) is 13.7. The molecule has 1 saturated carbocycles. The molecular formula is C17H26O3. The first-order valence-electron chi connectivity index (χ1n) is 7.18. The molecule has 0 radical (unpaired) electrons. The number of Topliss-reactive ketones (excluding diaryl/α,β-unsaturated/α-hetero) is 1. The zero-order chi connectivity index (χ0) is 15.8. The van der Waals surface area contributed by atoms with Gasteiger partial charge in [0.2, 0.25) is 5.78 Å². The summed E-state index contributed by atoms with van der Waals surface area (Å²) >= 11 is 0. The number of ketones is 1. The molecule has 1 fully saturated rings. The fraction of sp³-hybridized carbons (Fsp3) is 0.765. The molecule has 0 aromatic rings. The Hall–Kier alpha value is -1.30. The third-order valence-corrected chi connectivity index (χ3v) is 4.85. The normalized spacial score (nSPS) is 19.8. The van der Waals surface area contributed by atoms with Gasteiger partial charge in [0.05, 0.1) is 12.0 Å². The number of ether oxygens (including phenoxy) is 1. The van der Waals surface area contributed by atoms with Gasteiger partial charge in [-0.3, -0.25) is 9.59 Å². The van der Waals surface area contributed by atoms with Crippen molar-refractivity contribution in [1.29, 1.82) is 0 Å². The van der Waals surface area contributed by atoms with Gasteiger partial charge in [-0.1, -0.05) is 33.6 Å². The molecule has 112 valence electrons. The van der Waals surface area contributed by atoms with Crippen LogP contribution in [0.25, 0.3) is 0 Å². The Kier molecular flexibility index (Phi) is 4.39. The van der Waals surface area contributed by atoms with E-state index in [2.05, 4.69) is 39.5 Å². The number of esters is 1. The Morgan fingerprint density at radius 1 is 1.15 bits per heavy atom. The molecule has 0 unspecified atom stereocenters. The Labute approximate surface area is 122 Å². The third-order valence-electron chi connectivity index (χ3n) is 4.85. The summed E-state index contributed by atoms with van der Waals surface area (Å²) in [4.78, 5) is 23.8. The Balaban J connectivity index is 2.64. The summed E-state index contributed by atoms with van der Waals surface area (Å²) in [6.45, 7) is 14.1. The minimum absolute atomic E-state index is 0.00629. The van der Waals surface area contributed by atoms with E-state index in [1.807, 2.05) is 0 Å². The molecule has 0 N–H and O–H groups in total. The lowest BCUT2D eigenvalue weighted by atomic mass is 9.90. The van der Waals surface area contributed by atoms with Gasteiger partial charge in [-0.15, -0.1) is 0 Å². The van der Waals surface area contributed by atoms with Gasteiger partial charge in [0.15, 0.2) is 0 Å². The first-order chi connectivity index (χ1) is 8.98. The topological polar surface area (TPSA) is 43.4 Å². The third kappa shape index (κ3) is 2.90. The highest BCUT2D eigenvalue weighted by Crippen LogP contribution is 2.68. The summed E-state index contributed by atoms with van der Waals surface area (Å²) in [5.74, 6) is 5.28. The fourth-order valence-electron chi connectivity index (χ4n) is 2.67. The second kappa shape index (κ2) is 5.24. The number of hydrogen-bond donors (Lipinski definition) is 0. The van der Waals surface area contributed by atoms with E-state index in [0.29, 0.717) is 13.0 Å². The van der Waals surface area contributed by atoms with Crippen LogP contribution in [0.15, 0.2) is 0 Å². The largest absolute Gasteiger partial charge is 0.466 e. The second-order valence-electron chi connectivity index (χ2n) is 7.32. The number of rotatable bonds is 4. The summed E-state index contributed by atoms with van der Waals surface area (Å²) in [6.07, 6.45) is 0.338. The highest BCUT2D eigenvalue weighted by Gasteiger charge is 2.67. The molecule has 0 atom stereocenters. The van der Waals surface area contributed by atoms with Gasteiger partial charge < -0.3 is 4.74 Å². The molecule has 0 aliphatic heterocycles. The lowest BCUT2D eigenvalue weighted by Crippen LogP contribution is -2.26. The molecule has 20 heavy (non-hydrogen) atoms. The van der Waals surface area contributed by atoms with Crippen LogP contribution in [-0.4, -0.2) is 18.4 Å². The van der Waals surface area contributed by atoms with Gasteiger partial charge >= 0.3 is 5.97 Å². The quantitative estimate of drug-likeness (QED) is 0.450. The Morgan fingerprint density at radius 2 is 1.65 bits per heavy atom. The summed E-state index contributed by atoms with van der Waals surface area (Å²) in [6, 6.07) is 0. The van der Waals surface area contributed by atoms with Crippen LogP contribution in [-0.2, 0) is 14.3 Å². The van der Waals surface area contributed by atoms with Crippen LogP contribution in [0.3, 0.4) is 0 Å². The molecule has 0 aromatic heterocycles. The zero-order valence-corrected chi connectivity index (χ0v) is 13.7. The average molecular weight is 278 g/mol. The Morgan fingerprint density at radius 3 is 2.05 bits per heavy atom. The molecule has 0 saturated heterocycles. The Bertz CT molecular complexity index is 458. The van der Waals surface area contributed by atoms with Gasteiger partial charge in [0.25, 0.3) is 0 Å². The van der Waals surface area contributed by atoms with Crippen molar-refractivity contribution >= 4 is 11.8 Å². The van der Waals surface area contributed by atoms with Gasteiger partial charge in [-0.2, -0.15) is 0 Å². The van der Waals surface area contributed by atoms with E-state index in [0.717, 1.165) is 0 Å². The molecule has 0 heterocycles. The lowest BCUT2D eigenvalue weighted by Gasteiger charge is -2.18. The first kappa shape index (κ1) is 16.8. The van der Waals surface area contributed by atoms with Crippen LogP contribution < -0.4 is 0 Å². The van der Waals surface area contributed by atoms with Crippen molar-refractivity contribution in [3.05, 3.63) is 0 Å². The highest BCUT2D eigenvalue weighted by molar-refractivity contribution is 6.00. The first-order valence-corrected chi connectivity index (χ1v) is 7.18. The molecule has 0 bridgehead atoms. The van der Waals surface area contributed by atoms with Crippen molar-refractivity contribution in [2.24, 2.45) is 22.2 Å². The van der Waals surface area contributed by atoms with Crippen molar-refractivity contribution in [3.8, 4) is 11.8 Å². The molecule has 0 amide bonds. The lowest BCUT2D eigenvalue weighted by molar-refractivity contribution is -0.153. The predicted octanol–water partition coefficient (Wildman–Crippen LogP) is 3.22. The van der Waals surface area contributed by atoms with Crippen LogP contribution >= 0.6 is 0 Å². The van der Waals surface area contributed by atoms with E-state index in [1.165, 1.54) is 0 Å². The molecular weight excluding hydrogens is 252 g/mol. The highest BCUT2D eigenvalue weighted by atomic mass is 16.5. The van der Waals surface area contributed by atoms with E-state index in [1.54, 1.807) is 20.8 Å². The summed E-state index contributed by atoms with van der Waals surface area (Å²) in [5.41, 5.74) is -0.650. The fourth-order valence-corrected chi connectivity index (χ4v) is 2.67. The van der Waals surface area contributed by atoms with Crippen molar-refractivity contribution in [2.45, 2.75) is 54.9 Å². The average Bonchev–Trinajstić information content (AvgIpc) is 2.69. The van der Waals surface area contributed by atoms with Crippen molar-refractivity contribution in [1.82, 2.24) is 0 Å². The monoisotopic (exact) mass is 278 g/mol. The SMILES string of the molecule is CCOC(=O)C(C)(C)CC#CC(=O)C1C(C)(C)C1(C)C. The van der Waals surface area contributed by atoms with Crippen LogP contribution in [0.1, 0.15) is 54.9 Å². The minimum atomic E-state index is -0.669. The van der Waals surface area contributed by atoms with E-state index < -0.39 is 5.41 Å². The standard InChI is InChI=1S/C17H26O3/c1-8-20-14(19)15(2,3)11-9-10-12(18)13-16(4,5)17(13,6)7/h13H,8,11H2,1-7H3. The van der Waals surface area contributed by atoms with Crippen molar-refractivity contribution in [3.63, 3.8) is 0 Å². The predicted molar refractivity (Wildman–Crippen MR) is 78.9 cm³/mol. The van der Waals surface area contributed by atoms with Crippen LogP contribution in [0.4, 0.5) is 0 Å². The van der Waals surface area contributed by atoms with Crippen LogP contribution in [0, 0.1) is 34.0 Å². The van der Waals surface area contributed by atoms with Gasteiger partial charge in [-0.25, -0.2) is 0 Å². The van der Waals surface area contributed by atoms with E-state index in [-0.39, 0.29) is 28.5 Å². The molecule has 0 aromatic carbocycles. The maximum Gasteiger partial charge on any atom is 0.312 e. The summed E-state index contributed by atoms with van der Waals surface area (Å²) in [5, 5.41) is 0. The molecule has 3 heteroatoms. The maximum absolute atomic E-state index is 12.1. The van der Waals surface area contributed by atoms with Crippen molar-refractivity contribution < 1.29 is 14.3 Å². The molecule has 1 aliphatic carbocycles. The summed E-state index contributed by atoms with van der Waals surface area (Å²) < 4.78 is 5.00. The molecule has 1 rings (SSSR count). The maximum atomic E-state index is 12.1. The smallest absolute Gasteiger partial charge is 0.312 e. The van der Waals surface area contributed by atoms with Gasteiger partial charge in [0.1, 0.15) is 0 Å². The van der Waals surface area contributed by atoms with Crippen LogP contribution in [0.2, 0.25) is 0 Å². The van der Waals surface area contributed by atoms with E-state index >= 15 is 0 Å².